The van der Waals surface area contributed by atoms with E-state index in [4.69, 9.17) is 15.7 Å². The second-order valence-corrected chi connectivity index (χ2v) is 5.12. The van der Waals surface area contributed by atoms with E-state index >= 15 is 0 Å². The summed E-state index contributed by atoms with van der Waals surface area (Å²) in [7, 11) is 0. The van der Waals surface area contributed by atoms with Crippen LogP contribution in [0, 0.1) is 0 Å². The third kappa shape index (κ3) is 2.12. The summed E-state index contributed by atoms with van der Waals surface area (Å²) in [5.41, 5.74) is 7.90. The van der Waals surface area contributed by atoms with E-state index in [9.17, 15) is 4.79 Å². The Bertz CT molecular complexity index is 558. The maximum absolute atomic E-state index is 12.5. The van der Waals surface area contributed by atoms with Gasteiger partial charge in [-0.25, -0.2) is 0 Å². The molecule has 1 aromatic rings. The maximum atomic E-state index is 12.5. The molecule has 2 aliphatic rings. The lowest BCUT2D eigenvalue weighted by Crippen LogP contribution is -2.52. The van der Waals surface area contributed by atoms with Crippen molar-refractivity contribution in [1.82, 2.24) is 4.90 Å². The molecule has 0 bridgehead atoms. The number of carbonyl (C=O) groups excluding carboxylic acids is 1. The number of nitrogens with two attached hydrogens (primary N) is 1. The Morgan fingerprint density at radius 2 is 2.25 bits per heavy atom. The fourth-order valence-corrected chi connectivity index (χ4v) is 2.79. The molecule has 1 fully saturated rings. The number of hydrogen-bond acceptors (Lipinski definition) is 4. The van der Waals surface area contributed by atoms with Crippen LogP contribution in [0.5, 0.6) is 0 Å². The maximum Gasteiger partial charge on any atom is 0.230 e. The van der Waals surface area contributed by atoms with E-state index < -0.39 is 6.10 Å². The number of morpholine rings is 1. The molecule has 2 atom stereocenters. The van der Waals surface area contributed by atoms with E-state index in [2.05, 4.69) is 11.2 Å². The Morgan fingerprint density at radius 3 is 3.00 bits per heavy atom. The number of carbonyl (C=O) groups is 1. The van der Waals surface area contributed by atoms with Gasteiger partial charge in [0.1, 0.15) is 6.10 Å². The van der Waals surface area contributed by atoms with Crippen LogP contribution in [0.2, 0.25) is 0 Å². The van der Waals surface area contributed by atoms with Crippen LogP contribution in [-0.2, 0) is 16.0 Å². The normalized spacial score (nSPS) is 25.8. The van der Waals surface area contributed by atoms with Gasteiger partial charge < -0.3 is 20.6 Å². The number of nitrogens with zero attached hydrogens (tertiary/aromatic N) is 2. The van der Waals surface area contributed by atoms with Crippen LogP contribution in [0.4, 0.5) is 0 Å². The van der Waals surface area contributed by atoms with Gasteiger partial charge in [-0.3, -0.25) is 4.79 Å². The monoisotopic (exact) mass is 275 g/mol. The molecule has 1 aliphatic heterocycles. The number of amides is 1. The zero-order chi connectivity index (χ0) is 14.1. The summed E-state index contributed by atoms with van der Waals surface area (Å²) < 4.78 is 5.40. The zero-order valence-corrected chi connectivity index (χ0v) is 11.0. The van der Waals surface area contributed by atoms with Gasteiger partial charge in [0.15, 0.2) is 5.84 Å². The molecular weight excluding hydrogens is 258 g/mol. The van der Waals surface area contributed by atoms with E-state index in [0.29, 0.717) is 19.7 Å². The minimum atomic E-state index is -0.520. The Labute approximate surface area is 116 Å². The highest BCUT2D eigenvalue weighted by atomic mass is 16.5. The summed E-state index contributed by atoms with van der Waals surface area (Å²) in [6, 6.07) is 8.00. The van der Waals surface area contributed by atoms with Crippen molar-refractivity contribution in [3.63, 3.8) is 0 Å². The first-order chi connectivity index (χ1) is 9.70. The standard InChI is InChI=1S/C14H17N3O3/c15-13(16-19)12-8-17(5-6-20-12)14(18)11-7-9-3-1-2-4-10(9)11/h1-4,11-12,19H,5-8H2,(H2,15,16). The Kier molecular flexibility index (Phi) is 3.31. The van der Waals surface area contributed by atoms with Crippen molar-refractivity contribution >= 4 is 11.7 Å². The fourth-order valence-electron chi connectivity index (χ4n) is 2.79. The summed E-state index contributed by atoms with van der Waals surface area (Å²) in [5, 5.41) is 11.6. The second kappa shape index (κ2) is 5.13. The third-order valence-electron chi connectivity index (χ3n) is 3.98. The van der Waals surface area contributed by atoms with Crippen molar-refractivity contribution in [3.05, 3.63) is 35.4 Å². The predicted octanol–water partition coefficient (Wildman–Crippen LogP) is 0.300. The second-order valence-electron chi connectivity index (χ2n) is 5.12. The van der Waals surface area contributed by atoms with Crippen molar-refractivity contribution in [2.45, 2.75) is 18.4 Å². The van der Waals surface area contributed by atoms with Crippen molar-refractivity contribution in [1.29, 1.82) is 0 Å². The summed E-state index contributed by atoms with van der Waals surface area (Å²) in [4.78, 5) is 14.3. The molecule has 1 amide bonds. The number of hydrogen-bond donors (Lipinski definition) is 2. The van der Waals surface area contributed by atoms with Crippen molar-refractivity contribution in [2.24, 2.45) is 10.9 Å². The molecule has 0 aromatic heterocycles. The molecule has 1 heterocycles. The Hall–Kier alpha value is -2.08. The molecule has 1 aromatic carbocycles. The van der Waals surface area contributed by atoms with E-state index in [0.717, 1.165) is 12.0 Å². The summed E-state index contributed by atoms with van der Waals surface area (Å²) in [6.45, 7) is 1.29. The lowest BCUT2D eigenvalue weighted by atomic mass is 9.77. The van der Waals surface area contributed by atoms with Gasteiger partial charge in [-0.15, -0.1) is 0 Å². The first kappa shape index (κ1) is 12.9. The summed E-state index contributed by atoms with van der Waals surface area (Å²) in [6.07, 6.45) is 0.272. The van der Waals surface area contributed by atoms with Crippen molar-refractivity contribution in [2.75, 3.05) is 19.7 Å². The number of ether oxygens (including phenoxy) is 1. The van der Waals surface area contributed by atoms with Gasteiger partial charge in [-0.05, 0) is 17.5 Å². The van der Waals surface area contributed by atoms with Crippen LogP contribution in [0.15, 0.2) is 29.4 Å². The fraction of sp³-hybridized carbons (Fsp3) is 0.429. The van der Waals surface area contributed by atoms with Gasteiger partial charge in [0.2, 0.25) is 5.91 Å². The highest BCUT2D eigenvalue weighted by molar-refractivity contribution is 5.89. The zero-order valence-electron chi connectivity index (χ0n) is 11.0. The first-order valence-corrected chi connectivity index (χ1v) is 6.66. The average Bonchev–Trinajstić information content (AvgIpc) is 2.47. The first-order valence-electron chi connectivity index (χ1n) is 6.66. The SMILES string of the molecule is NC(=NO)C1CN(C(=O)C2Cc3ccccc32)CCO1. The summed E-state index contributed by atoms with van der Waals surface area (Å²) in [5.74, 6) is 0.0523. The largest absolute Gasteiger partial charge is 0.409 e. The molecule has 1 saturated heterocycles. The summed E-state index contributed by atoms with van der Waals surface area (Å²) >= 11 is 0. The molecule has 3 N–H and O–H groups in total. The van der Waals surface area contributed by atoms with E-state index in [1.54, 1.807) is 4.90 Å². The molecule has 6 nitrogen and oxygen atoms in total. The van der Waals surface area contributed by atoms with E-state index in [1.165, 1.54) is 5.56 Å². The van der Waals surface area contributed by atoms with Gasteiger partial charge in [0, 0.05) is 6.54 Å². The predicted molar refractivity (Wildman–Crippen MR) is 72.6 cm³/mol. The highest BCUT2D eigenvalue weighted by Crippen LogP contribution is 2.36. The minimum Gasteiger partial charge on any atom is -0.409 e. The molecule has 20 heavy (non-hydrogen) atoms. The van der Waals surface area contributed by atoms with Crippen LogP contribution in [0.25, 0.3) is 0 Å². The number of oxime groups is 1. The van der Waals surface area contributed by atoms with Crippen LogP contribution in [0.3, 0.4) is 0 Å². The average molecular weight is 275 g/mol. The highest BCUT2D eigenvalue weighted by Gasteiger charge is 2.37. The number of benzene rings is 1. The van der Waals surface area contributed by atoms with Gasteiger partial charge in [0.05, 0.1) is 19.1 Å². The van der Waals surface area contributed by atoms with Crippen LogP contribution in [0.1, 0.15) is 17.0 Å². The minimum absolute atomic E-state index is 0.0107. The van der Waals surface area contributed by atoms with Gasteiger partial charge in [-0.1, -0.05) is 29.4 Å². The Balaban J connectivity index is 1.70. The topological polar surface area (TPSA) is 88.2 Å². The number of rotatable bonds is 2. The van der Waals surface area contributed by atoms with Gasteiger partial charge in [0.25, 0.3) is 0 Å². The molecule has 2 unspecified atom stereocenters. The lowest BCUT2D eigenvalue weighted by Gasteiger charge is -2.37. The van der Waals surface area contributed by atoms with Crippen molar-refractivity contribution in [3.8, 4) is 0 Å². The molecule has 3 rings (SSSR count). The molecule has 0 radical (unpaired) electrons. The molecule has 1 aliphatic carbocycles. The molecular formula is C14H17N3O3. The Morgan fingerprint density at radius 1 is 1.45 bits per heavy atom. The quantitative estimate of drug-likeness (QED) is 0.352. The van der Waals surface area contributed by atoms with Crippen molar-refractivity contribution < 1.29 is 14.7 Å². The van der Waals surface area contributed by atoms with Crippen LogP contribution < -0.4 is 5.73 Å². The third-order valence-corrected chi connectivity index (χ3v) is 3.98. The van der Waals surface area contributed by atoms with Crippen LogP contribution in [-0.4, -0.2) is 47.7 Å². The molecule has 0 saturated carbocycles. The number of fused-ring (bicyclic) bond motifs is 1. The molecule has 6 heteroatoms. The van der Waals surface area contributed by atoms with E-state index in [-0.39, 0.29) is 17.7 Å². The molecule has 106 valence electrons. The van der Waals surface area contributed by atoms with Gasteiger partial charge >= 0.3 is 0 Å². The smallest absolute Gasteiger partial charge is 0.230 e. The molecule has 0 spiro atoms. The van der Waals surface area contributed by atoms with Gasteiger partial charge in [-0.2, -0.15) is 0 Å². The lowest BCUT2D eigenvalue weighted by molar-refractivity contribution is -0.138. The van der Waals surface area contributed by atoms with E-state index in [1.807, 2.05) is 18.2 Å². The van der Waals surface area contributed by atoms with Crippen LogP contribution >= 0.6 is 0 Å². The number of amidine groups is 1.